The highest BCUT2D eigenvalue weighted by Crippen LogP contribution is 2.28. The van der Waals surface area contributed by atoms with Crippen molar-refractivity contribution in [2.24, 2.45) is 0 Å². The summed E-state index contributed by atoms with van der Waals surface area (Å²) >= 11 is 1.53. The summed E-state index contributed by atoms with van der Waals surface area (Å²) in [6.07, 6.45) is 2.50. The third kappa shape index (κ3) is 3.65. The van der Waals surface area contributed by atoms with Gasteiger partial charge < -0.3 is 15.1 Å². The predicted octanol–water partition coefficient (Wildman–Crippen LogP) is 4.60. The minimum atomic E-state index is -0.219. The Labute approximate surface area is 144 Å². The van der Waals surface area contributed by atoms with Crippen molar-refractivity contribution in [1.29, 1.82) is 0 Å². The van der Waals surface area contributed by atoms with E-state index in [9.17, 15) is 4.79 Å². The van der Waals surface area contributed by atoms with Crippen molar-refractivity contribution < 1.29 is 9.21 Å². The normalized spacial score (nSPS) is 10.6. The number of amides is 2. The van der Waals surface area contributed by atoms with E-state index in [1.54, 1.807) is 6.26 Å². The van der Waals surface area contributed by atoms with E-state index in [0.717, 1.165) is 39.0 Å². The predicted molar refractivity (Wildman–Crippen MR) is 96.2 cm³/mol. The van der Waals surface area contributed by atoms with Gasteiger partial charge in [-0.05, 0) is 37.1 Å². The van der Waals surface area contributed by atoms with Gasteiger partial charge in [0.1, 0.15) is 0 Å². The van der Waals surface area contributed by atoms with Gasteiger partial charge in [-0.3, -0.25) is 0 Å². The van der Waals surface area contributed by atoms with Gasteiger partial charge >= 0.3 is 6.03 Å². The minimum Gasteiger partial charge on any atom is -0.462 e. The molecule has 1 aromatic carbocycles. The average Bonchev–Trinajstić information content (AvgIpc) is 3.23. The van der Waals surface area contributed by atoms with Gasteiger partial charge in [-0.15, -0.1) is 11.3 Å². The number of anilines is 1. The third-order valence-corrected chi connectivity index (χ3v) is 4.85. The Bertz CT molecular complexity index is 825. The van der Waals surface area contributed by atoms with Crippen molar-refractivity contribution in [3.8, 4) is 10.8 Å². The van der Waals surface area contributed by atoms with Crippen LogP contribution in [0.5, 0.6) is 0 Å². The number of carbonyl (C=O) groups excluding carboxylic acids is 1. The molecule has 24 heavy (non-hydrogen) atoms. The summed E-state index contributed by atoms with van der Waals surface area (Å²) in [5.74, 6) is 0.746. The molecule has 0 spiro atoms. The van der Waals surface area contributed by atoms with Crippen LogP contribution in [0.1, 0.15) is 23.1 Å². The van der Waals surface area contributed by atoms with E-state index in [0.29, 0.717) is 6.54 Å². The summed E-state index contributed by atoms with van der Waals surface area (Å²) in [5.41, 5.74) is 2.86. The second-order valence-corrected chi connectivity index (χ2v) is 6.41. The van der Waals surface area contributed by atoms with Crippen molar-refractivity contribution in [3.05, 3.63) is 58.8 Å². The second kappa shape index (κ2) is 7.31. The largest absolute Gasteiger partial charge is 0.462 e. The van der Waals surface area contributed by atoms with E-state index in [1.165, 1.54) is 11.3 Å². The maximum atomic E-state index is 12.1. The lowest BCUT2D eigenvalue weighted by Crippen LogP contribution is -2.28. The summed E-state index contributed by atoms with van der Waals surface area (Å²) in [7, 11) is 0. The van der Waals surface area contributed by atoms with Crippen LogP contribution in [0.15, 0.2) is 47.1 Å². The second-order valence-electron chi connectivity index (χ2n) is 5.32. The molecule has 124 valence electrons. The quantitative estimate of drug-likeness (QED) is 0.713. The molecule has 2 amide bonds. The number of urea groups is 1. The fraction of sp³-hybridized carbons (Fsp3) is 0.222. The van der Waals surface area contributed by atoms with Gasteiger partial charge in [0.05, 0.1) is 18.5 Å². The number of furan rings is 1. The van der Waals surface area contributed by atoms with E-state index in [4.69, 9.17) is 4.42 Å². The van der Waals surface area contributed by atoms with Gasteiger partial charge in [-0.1, -0.05) is 25.1 Å². The van der Waals surface area contributed by atoms with Crippen LogP contribution in [0.4, 0.5) is 10.5 Å². The van der Waals surface area contributed by atoms with E-state index >= 15 is 0 Å². The highest BCUT2D eigenvalue weighted by atomic mass is 32.1. The van der Waals surface area contributed by atoms with Crippen molar-refractivity contribution in [2.45, 2.75) is 26.8 Å². The zero-order valence-corrected chi connectivity index (χ0v) is 14.4. The maximum Gasteiger partial charge on any atom is 0.319 e. The molecule has 6 heteroatoms. The van der Waals surface area contributed by atoms with E-state index in [1.807, 2.05) is 43.3 Å². The first-order chi connectivity index (χ1) is 11.7. The van der Waals surface area contributed by atoms with Crippen molar-refractivity contribution in [2.75, 3.05) is 5.32 Å². The Morgan fingerprint density at radius 3 is 2.83 bits per heavy atom. The molecule has 0 saturated heterocycles. The summed E-state index contributed by atoms with van der Waals surface area (Å²) in [6.45, 7) is 4.43. The van der Waals surface area contributed by atoms with E-state index < -0.39 is 0 Å². The molecule has 0 fully saturated rings. The van der Waals surface area contributed by atoms with Gasteiger partial charge in [0.2, 0.25) is 0 Å². The highest BCUT2D eigenvalue weighted by molar-refractivity contribution is 7.15. The van der Waals surface area contributed by atoms with Gasteiger partial charge in [0.25, 0.3) is 0 Å². The molecule has 2 aromatic heterocycles. The molecule has 2 N–H and O–H groups in total. The first kappa shape index (κ1) is 16.3. The lowest BCUT2D eigenvalue weighted by molar-refractivity contribution is 0.252. The van der Waals surface area contributed by atoms with Crippen LogP contribution in [-0.4, -0.2) is 11.0 Å². The molecule has 0 atom stereocenters. The Morgan fingerprint density at radius 2 is 2.08 bits per heavy atom. The third-order valence-electron chi connectivity index (χ3n) is 3.68. The van der Waals surface area contributed by atoms with Crippen LogP contribution in [0.2, 0.25) is 0 Å². The van der Waals surface area contributed by atoms with E-state index in [2.05, 4.69) is 22.5 Å². The number of carbonyl (C=O) groups is 1. The molecular weight excluding hydrogens is 322 g/mol. The summed E-state index contributed by atoms with van der Waals surface area (Å²) in [5, 5.41) is 6.61. The Morgan fingerprint density at radius 1 is 1.25 bits per heavy atom. The van der Waals surface area contributed by atoms with Gasteiger partial charge in [-0.25, -0.2) is 9.78 Å². The van der Waals surface area contributed by atoms with E-state index in [-0.39, 0.29) is 6.03 Å². The smallest absolute Gasteiger partial charge is 0.319 e. The molecule has 5 nitrogen and oxygen atoms in total. The Balaban J connectivity index is 1.62. The standard InChI is InChI=1S/C18H19N3O2S/c1-3-13-7-4-5-8-14(13)21-18(22)19-11-16-12(2)20-17(24-16)15-9-6-10-23-15/h4-10H,3,11H2,1-2H3,(H2,19,21,22). The van der Waals surface area contributed by atoms with Gasteiger partial charge in [0.15, 0.2) is 10.8 Å². The van der Waals surface area contributed by atoms with Crippen LogP contribution in [0.3, 0.4) is 0 Å². The van der Waals surface area contributed by atoms with Crippen LogP contribution in [0.25, 0.3) is 10.8 Å². The lowest BCUT2D eigenvalue weighted by Gasteiger charge is -2.10. The number of aryl methyl sites for hydroxylation is 2. The molecule has 0 unspecified atom stereocenters. The molecule has 2 heterocycles. The number of thiazole rings is 1. The fourth-order valence-corrected chi connectivity index (χ4v) is 3.35. The average molecular weight is 341 g/mol. The number of nitrogens with zero attached hydrogens (tertiary/aromatic N) is 1. The number of para-hydroxylation sites is 1. The first-order valence-electron chi connectivity index (χ1n) is 7.80. The van der Waals surface area contributed by atoms with Crippen LogP contribution >= 0.6 is 11.3 Å². The molecule has 0 aliphatic carbocycles. The minimum absolute atomic E-state index is 0.219. The van der Waals surface area contributed by atoms with Gasteiger partial charge in [0, 0.05) is 10.6 Å². The van der Waals surface area contributed by atoms with Gasteiger partial charge in [-0.2, -0.15) is 0 Å². The fourth-order valence-electron chi connectivity index (χ4n) is 2.38. The number of hydrogen-bond donors (Lipinski definition) is 2. The first-order valence-corrected chi connectivity index (χ1v) is 8.62. The molecule has 3 aromatic rings. The van der Waals surface area contributed by atoms with Crippen molar-refractivity contribution in [1.82, 2.24) is 10.3 Å². The number of aromatic nitrogens is 1. The van der Waals surface area contributed by atoms with Crippen molar-refractivity contribution >= 4 is 23.1 Å². The summed E-state index contributed by atoms with van der Waals surface area (Å²) < 4.78 is 5.37. The Kier molecular flexibility index (Phi) is 4.96. The number of hydrogen-bond acceptors (Lipinski definition) is 4. The Hall–Kier alpha value is -2.60. The monoisotopic (exact) mass is 341 g/mol. The highest BCUT2D eigenvalue weighted by Gasteiger charge is 2.12. The summed E-state index contributed by atoms with van der Waals surface area (Å²) in [4.78, 5) is 17.7. The SMILES string of the molecule is CCc1ccccc1NC(=O)NCc1sc(-c2ccco2)nc1C. The molecule has 3 rings (SSSR count). The number of nitrogens with one attached hydrogen (secondary N) is 2. The lowest BCUT2D eigenvalue weighted by atomic mass is 10.1. The number of rotatable bonds is 5. The molecule has 0 aliphatic heterocycles. The maximum absolute atomic E-state index is 12.1. The van der Waals surface area contributed by atoms with Crippen LogP contribution < -0.4 is 10.6 Å². The zero-order chi connectivity index (χ0) is 16.9. The topological polar surface area (TPSA) is 67.2 Å². The summed E-state index contributed by atoms with van der Waals surface area (Å²) in [6, 6.07) is 11.3. The van der Waals surface area contributed by atoms with Crippen LogP contribution in [-0.2, 0) is 13.0 Å². The molecular formula is C18H19N3O2S. The molecule has 0 aliphatic rings. The number of benzene rings is 1. The molecule has 0 bridgehead atoms. The zero-order valence-electron chi connectivity index (χ0n) is 13.6. The van der Waals surface area contributed by atoms with Crippen molar-refractivity contribution in [3.63, 3.8) is 0 Å². The molecule has 0 saturated carbocycles. The molecule has 0 radical (unpaired) electrons. The van der Waals surface area contributed by atoms with Crippen LogP contribution in [0, 0.1) is 6.92 Å².